The molecular formula is C8H11N5O2. The van der Waals surface area contributed by atoms with E-state index >= 15 is 0 Å². The third-order valence-electron chi connectivity index (χ3n) is 1.38. The van der Waals surface area contributed by atoms with E-state index in [9.17, 15) is 0 Å². The average molecular weight is 209 g/mol. The lowest BCUT2D eigenvalue weighted by atomic mass is 10.5. The minimum atomic E-state index is 0.116. The van der Waals surface area contributed by atoms with E-state index in [1.807, 2.05) is 0 Å². The van der Waals surface area contributed by atoms with Gasteiger partial charge in [-0.05, 0) is 0 Å². The molecule has 0 radical (unpaired) electrons. The van der Waals surface area contributed by atoms with Crippen molar-refractivity contribution in [3.8, 4) is 24.4 Å². The van der Waals surface area contributed by atoms with Crippen molar-refractivity contribution >= 4 is 5.95 Å². The van der Waals surface area contributed by atoms with Crippen LogP contribution in [0.15, 0.2) is 0 Å². The molecule has 0 aliphatic rings. The maximum absolute atomic E-state index is 5.15. The normalized spacial score (nSPS) is 9.13. The highest BCUT2D eigenvalue weighted by Crippen LogP contribution is 2.11. The van der Waals surface area contributed by atoms with Crippen LogP contribution < -0.4 is 20.7 Å². The van der Waals surface area contributed by atoms with E-state index in [2.05, 4.69) is 26.3 Å². The van der Waals surface area contributed by atoms with Crippen LogP contribution in [-0.4, -0.2) is 28.7 Å². The molecule has 0 saturated heterocycles. The van der Waals surface area contributed by atoms with E-state index < -0.39 is 0 Å². The second-order valence-electron chi connectivity index (χ2n) is 2.38. The third kappa shape index (κ3) is 3.28. The predicted octanol–water partition coefficient (Wildman–Crippen LogP) is -0.432. The maximum atomic E-state index is 5.15. The smallest absolute Gasteiger partial charge is 0.324 e. The van der Waals surface area contributed by atoms with Gasteiger partial charge in [-0.1, -0.05) is 0 Å². The molecule has 0 saturated carbocycles. The summed E-state index contributed by atoms with van der Waals surface area (Å²) in [4.78, 5) is 11.5. The van der Waals surface area contributed by atoms with Crippen molar-refractivity contribution in [2.75, 3.05) is 19.1 Å². The number of methoxy groups -OCH3 is 1. The number of rotatable bonds is 5. The van der Waals surface area contributed by atoms with Crippen LogP contribution in [0.5, 0.6) is 12.0 Å². The Kier molecular flexibility index (Phi) is 4.12. The van der Waals surface area contributed by atoms with Crippen molar-refractivity contribution in [3.63, 3.8) is 0 Å². The zero-order chi connectivity index (χ0) is 11.1. The van der Waals surface area contributed by atoms with Gasteiger partial charge < -0.3 is 9.47 Å². The molecule has 15 heavy (non-hydrogen) atoms. The molecule has 0 unspecified atom stereocenters. The lowest BCUT2D eigenvalue weighted by Gasteiger charge is -2.05. The number of nitrogens with two attached hydrogens (primary N) is 1. The number of aromatic nitrogens is 3. The molecule has 0 amide bonds. The Balaban J connectivity index is 2.74. The highest BCUT2D eigenvalue weighted by molar-refractivity contribution is 5.25. The number of terminal acetylenes is 1. The van der Waals surface area contributed by atoms with Gasteiger partial charge in [-0.3, -0.25) is 5.43 Å². The number of nitrogens with one attached hydrogen (secondary N) is 1. The summed E-state index contributed by atoms with van der Waals surface area (Å²) in [7, 11) is 1.43. The van der Waals surface area contributed by atoms with Gasteiger partial charge >= 0.3 is 12.0 Å². The van der Waals surface area contributed by atoms with Gasteiger partial charge in [0.15, 0.2) is 0 Å². The zero-order valence-corrected chi connectivity index (χ0v) is 8.23. The molecule has 1 aromatic heterocycles. The number of nitrogens with zero attached hydrogens (tertiary/aromatic N) is 3. The quantitative estimate of drug-likeness (QED) is 0.294. The Morgan fingerprint density at radius 1 is 1.40 bits per heavy atom. The van der Waals surface area contributed by atoms with Crippen molar-refractivity contribution in [1.29, 1.82) is 0 Å². The Labute approximate surface area is 87.0 Å². The van der Waals surface area contributed by atoms with Crippen molar-refractivity contribution in [3.05, 3.63) is 0 Å². The van der Waals surface area contributed by atoms with Crippen LogP contribution in [0.1, 0.15) is 6.42 Å². The molecule has 0 fully saturated rings. The maximum Gasteiger partial charge on any atom is 0.324 e. The van der Waals surface area contributed by atoms with E-state index in [4.69, 9.17) is 21.7 Å². The Morgan fingerprint density at radius 2 is 2.13 bits per heavy atom. The summed E-state index contributed by atoms with van der Waals surface area (Å²) in [6, 6.07) is 0.235. The van der Waals surface area contributed by atoms with Crippen molar-refractivity contribution in [2.45, 2.75) is 6.42 Å². The molecule has 0 aliphatic carbocycles. The first kappa shape index (κ1) is 11.0. The fourth-order valence-electron chi connectivity index (χ4n) is 0.760. The first-order valence-electron chi connectivity index (χ1n) is 4.13. The molecule has 7 heteroatoms. The molecule has 0 bridgehead atoms. The Morgan fingerprint density at radius 3 is 2.73 bits per heavy atom. The van der Waals surface area contributed by atoms with Crippen molar-refractivity contribution < 1.29 is 9.47 Å². The largest absolute Gasteiger partial charge is 0.467 e. The van der Waals surface area contributed by atoms with Crippen molar-refractivity contribution in [2.24, 2.45) is 5.84 Å². The molecule has 0 spiro atoms. The molecule has 0 atom stereocenters. The summed E-state index contributed by atoms with van der Waals surface area (Å²) in [5.41, 5.74) is 2.27. The second-order valence-corrected chi connectivity index (χ2v) is 2.38. The Bertz CT molecular complexity index is 340. The highest BCUT2D eigenvalue weighted by Gasteiger charge is 2.06. The van der Waals surface area contributed by atoms with Gasteiger partial charge in [-0.2, -0.15) is 9.97 Å². The van der Waals surface area contributed by atoms with Gasteiger partial charge in [-0.25, -0.2) is 5.84 Å². The van der Waals surface area contributed by atoms with Crippen LogP contribution >= 0.6 is 0 Å². The summed E-state index contributed by atoms with van der Waals surface area (Å²) in [5.74, 6) is 7.74. The second kappa shape index (κ2) is 5.62. The lowest BCUT2D eigenvalue weighted by Crippen LogP contribution is -2.13. The molecule has 0 aromatic carbocycles. The molecule has 1 aromatic rings. The molecular weight excluding hydrogens is 198 g/mol. The molecule has 1 rings (SSSR count). The number of hydrogen-bond acceptors (Lipinski definition) is 7. The molecule has 1 heterocycles. The first-order chi connectivity index (χ1) is 7.30. The van der Waals surface area contributed by atoms with Crippen LogP contribution in [0.2, 0.25) is 0 Å². The number of ether oxygens (including phenoxy) is 2. The topological polar surface area (TPSA) is 95.2 Å². The Hall–Kier alpha value is -2.07. The van der Waals surface area contributed by atoms with Gasteiger partial charge in [0.25, 0.3) is 0 Å². The van der Waals surface area contributed by atoms with E-state index in [1.54, 1.807) is 0 Å². The highest BCUT2D eigenvalue weighted by atomic mass is 16.5. The van der Waals surface area contributed by atoms with E-state index in [0.29, 0.717) is 13.0 Å². The van der Waals surface area contributed by atoms with Gasteiger partial charge in [0, 0.05) is 6.42 Å². The van der Waals surface area contributed by atoms with Gasteiger partial charge in [0.2, 0.25) is 5.95 Å². The van der Waals surface area contributed by atoms with Crippen LogP contribution in [-0.2, 0) is 0 Å². The molecule has 80 valence electrons. The summed E-state index contributed by atoms with van der Waals surface area (Å²) >= 11 is 0. The molecule has 0 aliphatic heterocycles. The van der Waals surface area contributed by atoms with E-state index in [1.165, 1.54) is 7.11 Å². The number of anilines is 1. The lowest BCUT2D eigenvalue weighted by molar-refractivity contribution is 0.288. The summed E-state index contributed by atoms with van der Waals surface area (Å²) < 4.78 is 9.98. The molecule has 3 N–H and O–H groups in total. The first-order valence-corrected chi connectivity index (χ1v) is 4.13. The monoisotopic (exact) mass is 209 g/mol. The summed E-state index contributed by atoms with van der Waals surface area (Å²) in [6.45, 7) is 0.327. The standard InChI is InChI=1S/C8H11N5O2/c1-3-4-5-15-8-11-6(13-9)10-7(12-8)14-2/h1H,4-5,9H2,2H3,(H,10,11,12,13). The number of hydrazine groups is 1. The number of hydrogen-bond donors (Lipinski definition) is 2. The summed E-state index contributed by atoms with van der Waals surface area (Å²) in [6.07, 6.45) is 5.54. The van der Waals surface area contributed by atoms with Crippen LogP contribution in [0.25, 0.3) is 0 Å². The SMILES string of the molecule is C#CCCOc1nc(NN)nc(OC)n1. The van der Waals surface area contributed by atoms with E-state index in [0.717, 1.165) is 0 Å². The third-order valence-corrected chi connectivity index (χ3v) is 1.38. The minimum Gasteiger partial charge on any atom is -0.467 e. The van der Waals surface area contributed by atoms with Crippen LogP contribution in [0.4, 0.5) is 5.95 Å². The minimum absolute atomic E-state index is 0.116. The van der Waals surface area contributed by atoms with Gasteiger partial charge in [0.05, 0.1) is 7.11 Å². The number of nitrogen functional groups attached to an aromatic ring is 1. The van der Waals surface area contributed by atoms with Crippen LogP contribution in [0, 0.1) is 12.3 Å². The van der Waals surface area contributed by atoms with Crippen LogP contribution in [0.3, 0.4) is 0 Å². The summed E-state index contributed by atoms with van der Waals surface area (Å²) in [5, 5.41) is 0. The van der Waals surface area contributed by atoms with Gasteiger partial charge in [-0.15, -0.1) is 17.3 Å². The fraction of sp³-hybridized carbons (Fsp3) is 0.375. The zero-order valence-electron chi connectivity index (χ0n) is 8.23. The predicted molar refractivity (Wildman–Crippen MR) is 53.1 cm³/mol. The van der Waals surface area contributed by atoms with Gasteiger partial charge in [0.1, 0.15) is 6.61 Å². The fourth-order valence-corrected chi connectivity index (χ4v) is 0.760. The van der Waals surface area contributed by atoms with Crippen molar-refractivity contribution in [1.82, 2.24) is 15.0 Å². The van der Waals surface area contributed by atoms with E-state index in [-0.39, 0.29) is 18.0 Å². The molecule has 7 nitrogen and oxygen atoms in total. The average Bonchev–Trinajstić information content (AvgIpc) is 2.29.